The van der Waals surface area contributed by atoms with Crippen LogP contribution in [0.4, 0.5) is 0 Å². The number of nitrogens with two attached hydrogens (primary N) is 1. The SMILES string of the molecule is CC/C=C/CCOCC(CN)OCC/C=C/CC. The van der Waals surface area contributed by atoms with E-state index in [0.29, 0.717) is 13.2 Å². The number of ether oxygens (including phenoxy) is 2. The molecule has 0 aromatic carbocycles. The first-order valence-corrected chi connectivity index (χ1v) is 7.04. The molecule has 0 saturated heterocycles. The molecule has 1 unspecified atom stereocenters. The second-order valence-electron chi connectivity index (χ2n) is 4.14. The average Bonchev–Trinajstić information content (AvgIpc) is 2.40. The highest BCUT2D eigenvalue weighted by atomic mass is 16.5. The Morgan fingerprint density at radius 2 is 1.56 bits per heavy atom. The molecule has 0 amide bonds. The van der Waals surface area contributed by atoms with Gasteiger partial charge in [-0.05, 0) is 25.7 Å². The highest BCUT2D eigenvalue weighted by Gasteiger charge is 2.05. The van der Waals surface area contributed by atoms with Gasteiger partial charge in [-0.2, -0.15) is 0 Å². The van der Waals surface area contributed by atoms with Crippen molar-refractivity contribution in [1.29, 1.82) is 0 Å². The molecule has 0 bridgehead atoms. The Kier molecular flexibility index (Phi) is 13.9. The molecule has 2 N–H and O–H groups in total. The van der Waals surface area contributed by atoms with Crippen LogP contribution in [-0.2, 0) is 9.47 Å². The van der Waals surface area contributed by atoms with Crippen LogP contribution < -0.4 is 5.73 Å². The molecule has 0 aliphatic heterocycles. The van der Waals surface area contributed by atoms with Gasteiger partial charge in [-0.1, -0.05) is 38.2 Å². The number of rotatable bonds is 12. The molecular formula is C15H29NO2. The Morgan fingerprint density at radius 1 is 0.944 bits per heavy atom. The fourth-order valence-electron chi connectivity index (χ4n) is 1.42. The molecule has 1 atom stereocenters. The van der Waals surface area contributed by atoms with Crippen molar-refractivity contribution in [2.75, 3.05) is 26.4 Å². The minimum atomic E-state index is 0.0233. The Balaban J connectivity index is 3.46. The third-order valence-corrected chi connectivity index (χ3v) is 2.44. The van der Waals surface area contributed by atoms with Crippen molar-refractivity contribution in [2.45, 2.75) is 45.6 Å². The van der Waals surface area contributed by atoms with E-state index in [1.807, 2.05) is 0 Å². The maximum Gasteiger partial charge on any atom is 0.0930 e. The van der Waals surface area contributed by atoms with Gasteiger partial charge in [0.05, 0.1) is 25.9 Å². The predicted molar refractivity (Wildman–Crippen MR) is 77.7 cm³/mol. The number of hydrogen-bond acceptors (Lipinski definition) is 3. The Morgan fingerprint density at radius 3 is 2.11 bits per heavy atom. The first-order valence-electron chi connectivity index (χ1n) is 7.04. The van der Waals surface area contributed by atoms with Crippen LogP contribution in [0.1, 0.15) is 39.5 Å². The van der Waals surface area contributed by atoms with E-state index < -0.39 is 0 Å². The van der Waals surface area contributed by atoms with Gasteiger partial charge in [0.2, 0.25) is 0 Å². The molecule has 0 aromatic rings. The van der Waals surface area contributed by atoms with Crippen molar-refractivity contribution < 1.29 is 9.47 Å². The van der Waals surface area contributed by atoms with Crippen molar-refractivity contribution in [3.05, 3.63) is 24.3 Å². The lowest BCUT2D eigenvalue weighted by atomic mass is 10.3. The van der Waals surface area contributed by atoms with Gasteiger partial charge in [0.25, 0.3) is 0 Å². The van der Waals surface area contributed by atoms with Crippen LogP contribution >= 0.6 is 0 Å². The van der Waals surface area contributed by atoms with Crippen molar-refractivity contribution in [3.63, 3.8) is 0 Å². The molecule has 18 heavy (non-hydrogen) atoms. The fraction of sp³-hybridized carbons (Fsp3) is 0.733. The van der Waals surface area contributed by atoms with Crippen LogP contribution in [0.25, 0.3) is 0 Å². The van der Waals surface area contributed by atoms with Gasteiger partial charge in [-0.15, -0.1) is 0 Å². The summed E-state index contributed by atoms with van der Waals surface area (Å²) in [5.74, 6) is 0. The van der Waals surface area contributed by atoms with E-state index in [9.17, 15) is 0 Å². The Labute approximate surface area is 112 Å². The Hall–Kier alpha value is -0.640. The quantitative estimate of drug-likeness (QED) is 0.430. The molecule has 0 rings (SSSR count). The molecule has 3 heteroatoms. The third kappa shape index (κ3) is 11.8. The summed E-state index contributed by atoms with van der Waals surface area (Å²) in [5, 5.41) is 0. The van der Waals surface area contributed by atoms with E-state index in [-0.39, 0.29) is 6.10 Å². The lowest BCUT2D eigenvalue weighted by molar-refractivity contribution is -0.00875. The van der Waals surface area contributed by atoms with E-state index in [2.05, 4.69) is 38.2 Å². The monoisotopic (exact) mass is 255 g/mol. The molecule has 0 fully saturated rings. The van der Waals surface area contributed by atoms with Gasteiger partial charge in [0, 0.05) is 6.54 Å². The van der Waals surface area contributed by atoms with Crippen molar-refractivity contribution in [2.24, 2.45) is 5.73 Å². The standard InChI is InChI=1S/C15H29NO2/c1-3-5-7-9-11-17-14-15(13-16)18-12-10-8-6-4-2/h5-8,15H,3-4,9-14,16H2,1-2H3/b7-5+,8-6+. The van der Waals surface area contributed by atoms with Crippen LogP contribution in [-0.4, -0.2) is 32.5 Å². The average molecular weight is 255 g/mol. The third-order valence-electron chi connectivity index (χ3n) is 2.44. The van der Waals surface area contributed by atoms with E-state index in [1.54, 1.807) is 0 Å². The van der Waals surface area contributed by atoms with Gasteiger partial charge in [-0.25, -0.2) is 0 Å². The van der Waals surface area contributed by atoms with E-state index in [0.717, 1.165) is 38.9 Å². The largest absolute Gasteiger partial charge is 0.378 e. The molecule has 0 aliphatic rings. The molecule has 0 heterocycles. The number of hydrogen-bond donors (Lipinski definition) is 1. The summed E-state index contributed by atoms with van der Waals surface area (Å²) in [4.78, 5) is 0. The molecule has 0 radical (unpaired) electrons. The summed E-state index contributed by atoms with van der Waals surface area (Å²) < 4.78 is 11.2. The summed E-state index contributed by atoms with van der Waals surface area (Å²) in [5.41, 5.74) is 5.64. The van der Waals surface area contributed by atoms with Gasteiger partial charge in [-0.3, -0.25) is 0 Å². The Bertz CT molecular complexity index is 215. The lowest BCUT2D eigenvalue weighted by Gasteiger charge is -2.15. The van der Waals surface area contributed by atoms with Crippen LogP contribution in [0.3, 0.4) is 0 Å². The van der Waals surface area contributed by atoms with Crippen LogP contribution in [0.5, 0.6) is 0 Å². The van der Waals surface area contributed by atoms with Gasteiger partial charge in [0.1, 0.15) is 0 Å². The summed E-state index contributed by atoms with van der Waals surface area (Å²) in [7, 11) is 0. The molecule has 0 spiro atoms. The molecule has 0 aromatic heterocycles. The molecule has 0 saturated carbocycles. The van der Waals surface area contributed by atoms with Crippen molar-refractivity contribution in [3.8, 4) is 0 Å². The van der Waals surface area contributed by atoms with Gasteiger partial charge < -0.3 is 15.2 Å². The van der Waals surface area contributed by atoms with Crippen LogP contribution in [0.15, 0.2) is 24.3 Å². The zero-order valence-electron chi connectivity index (χ0n) is 11.9. The van der Waals surface area contributed by atoms with Crippen LogP contribution in [0.2, 0.25) is 0 Å². The summed E-state index contributed by atoms with van der Waals surface area (Å²) in [6.07, 6.45) is 12.7. The normalized spacial score (nSPS) is 13.7. The molecule has 106 valence electrons. The fourth-order valence-corrected chi connectivity index (χ4v) is 1.42. The van der Waals surface area contributed by atoms with E-state index in [1.165, 1.54) is 0 Å². The number of allylic oxidation sites excluding steroid dienone is 2. The van der Waals surface area contributed by atoms with E-state index in [4.69, 9.17) is 15.2 Å². The lowest BCUT2D eigenvalue weighted by Crippen LogP contribution is -2.29. The minimum absolute atomic E-state index is 0.0233. The second kappa shape index (κ2) is 14.4. The van der Waals surface area contributed by atoms with Crippen molar-refractivity contribution in [1.82, 2.24) is 0 Å². The topological polar surface area (TPSA) is 44.5 Å². The minimum Gasteiger partial charge on any atom is -0.378 e. The predicted octanol–water partition coefficient (Wildman–Crippen LogP) is 3.06. The zero-order valence-corrected chi connectivity index (χ0v) is 11.9. The van der Waals surface area contributed by atoms with Gasteiger partial charge >= 0.3 is 0 Å². The second-order valence-corrected chi connectivity index (χ2v) is 4.14. The summed E-state index contributed by atoms with van der Waals surface area (Å²) in [6, 6.07) is 0. The van der Waals surface area contributed by atoms with Crippen LogP contribution in [0, 0.1) is 0 Å². The highest BCUT2D eigenvalue weighted by molar-refractivity contribution is 4.80. The van der Waals surface area contributed by atoms with Crippen molar-refractivity contribution >= 4 is 0 Å². The summed E-state index contributed by atoms with van der Waals surface area (Å²) in [6.45, 7) is 6.82. The zero-order chi connectivity index (χ0) is 13.5. The smallest absolute Gasteiger partial charge is 0.0930 e. The van der Waals surface area contributed by atoms with Gasteiger partial charge in [0.15, 0.2) is 0 Å². The molecule has 3 nitrogen and oxygen atoms in total. The molecular weight excluding hydrogens is 226 g/mol. The first-order chi connectivity index (χ1) is 8.85. The molecule has 0 aliphatic carbocycles. The first kappa shape index (κ1) is 17.4. The maximum absolute atomic E-state index is 5.65. The highest BCUT2D eigenvalue weighted by Crippen LogP contribution is 1.96. The summed E-state index contributed by atoms with van der Waals surface area (Å²) >= 11 is 0. The maximum atomic E-state index is 5.65. The van der Waals surface area contributed by atoms with E-state index >= 15 is 0 Å².